The van der Waals surface area contributed by atoms with Crippen molar-refractivity contribution in [2.75, 3.05) is 46.3 Å². The molecule has 0 amide bonds. The summed E-state index contributed by atoms with van der Waals surface area (Å²) in [5.74, 6) is 0. The van der Waals surface area contributed by atoms with E-state index in [9.17, 15) is 8.42 Å². The highest BCUT2D eigenvalue weighted by molar-refractivity contribution is 7.87. The molecule has 1 aliphatic rings. The average molecular weight is 321 g/mol. The predicted molar refractivity (Wildman–Crippen MR) is 87.6 cm³/mol. The van der Waals surface area contributed by atoms with E-state index >= 15 is 0 Å². The molecule has 6 nitrogen and oxygen atoms in total. The molecule has 1 heterocycles. The molecule has 0 aromatic rings. The highest BCUT2D eigenvalue weighted by Crippen LogP contribution is 2.09. The van der Waals surface area contributed by atoms with E-state index in [-0.39, 0.29) is 6.04 Å². The molecular formula is C14H32N4O2S. The lowest BCUT2D eigenvalue weighted by Crippen LogP contribution is -2.48. The topological polar surface area (TPSA) is 64.7 Å². The average Bonchev–Trinajstić information content (AvgIpc) is 2.43. The van der Waals surface area contributed by atoms with Crippen molar-refractivity contribution in [1.29, 1.82) is 0 Å². The molecule has 0 saturated carbocycles. The molecule has 21 heavy (non-hydrogen) atoms. The fraction of sp³-hybridized carbons (Fsp3) is 1.00. The fourth-order valence-corrected chi connectivity index (χ4v) is 3.77. The molecule has 1 aliphatic heterocycles. The molecule has 2 N–H and O–H groups in total. The molecular weight excluding hydrogens is 288 g/mol. The van der Waals surface area contributed by atoms with Crippen LogP contribution in [-0.4, -0.2) is 70.0 Å². The van der Waals surface area contributed by atoms with E-state index in [1.165, 1.54) is 23.6 Å². The third-order valence-corrected chi connectivity index (χ3v) is 5.52. The maximum atomic E-state index is 12.2. The molecule has 0 aliphatic carbocycles. The van der Waals surface area contributed by atoms with Gasteiger partial charge in [-0.05, 0) is 52.4 Å². The second-order valence-corrected chi connectivity index (χ2v) is 7.72. The first-order chi connectivity index (χ1) is 9.95. The molecule has 1 unspecified atom stereocenters. The van der Waals surface area contributed by atoms with E-state index in [1.807, 2.05) is 13.8 Å². The van der Waals surface area contributed by atoms with Crippen LogP contribution in [-0.2, 0) is 10.2 Å². The van der Waals surface area contributed by atoms with E-state index in [0.717, 1.165) is 39.1 Å². The Morgan fingerprint density at radius 1 is 1.24 bits per heavy atom. The van der Waals surface area contributed by atoms with Crippen LogP contribution in [0.4, 0.5) is 0 Å². The van der Waals surface area contributed by atoms with Crippen molar-refractivity contribution in [2.24, 2.45) is 0 Å². The molecule has 0 radical (unpaired) electrons. The highest BCUT2D eigenvalue weighted by atomic mass is 32.2. The zero-order valence-corrected chi connectivity index (χ0v) is 14.6. The second kappa shape index (κ2) is 9.74. The van der Waals surface area contributed by atoms with E-state index in [0.29, 0.717) is 6.54 Å². The third-order valence-electron chi connectivity index (χ3n) is 3.82. The Kier molecular flexibility index (Phi) is 8.73. The predicted octanol–water partition coefficient (Wildman–Crippen LogP) is 0.627. The van der Waals surface area contributed by atoms with Crippen molar-refractivity contribution >= 4 is 10.2 Å². The van der Waals surface area contributed by atoms with Gasteiger partial charge >= 0.3 is 0 Å². The molecule has 1 atom stereocenters. The highest BCUT2D eigenvalue weighted by Gasteiger charge is 2.21. The quantitative estimate of drug-likeness (QED) is 0.580. The van der Waals surface area contributed by atoms with Crippen molar-refractivity contribution in [3.63, 3.8) is 0 Å². The molecule has 126 valence electrons. The van der Waals surface area contributed by atoms with Gasteiger partial charge in [-0.25, -0.2) is 0 Å². The molecule has 0 spiro atoms. The van der Waals surface area contributed by atoms with Crippen LogP contribution in [0.5, 0.6) is 0 Å². The van der Waals surface area contributed by atoms with E-state index < -0.39 is 10.2 Å². The van der Waals surface area contributed by atoms with Gasteiger partial charge in [0.05, 0.1) is 0 Å². The minimum absolute atomic E-state index is 0.0516. The lowest BCUT2D eigenvalue weighted by Gasteiger charge is -2.30. The summed E-state index contributed by atoms with van der Waals surface area (Å²) in [4.78, 5) is 2.35. The number of nitrogens with zero attached hydrogens (tertiary/aromatic N) is 2. The first-order valence-electron chi connectivity index (χ1n) is 8.12. The zero-order valence-electron chi connectivity index (χ0n) is 13.8. The van der Waals surface area contributed by atoms with Crippen molar-refractivity contribution in [3.8, 4) is 0 Å². The largest absolute Gasteiger partial charge is 0.317 e. The minimum Gasteiger partial charge on any atom is -0.317 e. The molecule has 7 heteroatoms. The summed E-state index contributed by atoms with van der Waals surface area (Å²) in [6.07, 6.45) is 4.57. The summed E-state index contributed by atoms with van der Waals surface area (Å²) in [6.45, 7) is 9.27. The summed E-state index contributed by atoms with van der Waals surface area (Å²) in [5.41, 5.74) is 0. The van der Waals surface area contributed by atoms with Crippen LogP contribution in [0.2, 0.25) is 0 Å². The Bertz CT molecular complexity index is 369. The van der Waals surface area contributed by atoms with Crippen molar-refractivity contribution in [3.05, 3.63) is 0 Å². The van der Waals surface area contributed by atoms with E-state index in [4.69, 9.17) is 0 Å². The number of nitrogens with one attached hydrogen (secondary N) is 2. The van der Waals surface area contributed by atoms with Crippen LogP contribution in [0.15, 0.2) is 0 Å². The SMILES string of the molecule is CCNCCCN(C)S(=O)(=O)NC(C)CN1CCCCC1. The molecule has 0 aromatic carbocycles. The van der Waals surface area contributed by atoms with Gasteiger partial charge in [0.2, 0.25) is 0 Å². The monoisotopic (exact) mass is 320 g/mol. The van der Waals surface area contributed by atoms with E-state index in [2.05, 4.69) is 14.9 Å². The van der Waals surface area contributed by atoms with Crippen LogP contribution in [0.3, 0.4) is 0 Å². The number of piperidine rings is 1. The van der Waals surface area contributed by atoms with Gasteiger partial charge in [0.15, 0.2) is 0 Å². The van der Waals surface area contributed by atoms with Crippen LogP contribution in [0.25, 0.3) is 0 Å². The Morgan fingerprint density at radius 3 is 2.52 bits per heavy atom. The van der Waals surface area contributed by atoms with Crippen molar-refractivity contribution in [2.45, 2.75) is 45.6 Å². The zero-order chi connectivity index (χ0) is 15.7. The van der Waals surface area contributed by atoms with Gasteiger partial charge in [0, 0.05) is 26.2 Å². The van der Waals surface area contributed by atoms with Crippen LogP contribution < -0.4 is 10.0 Å². The number of hydrogen-bond acceptors (Lipinski definition) is 4. The lowest BCUT2D eigenvalue weighted by atomic mass is 10.1. The van der Waals surface area contributed by atoms with Gasteiger partial charge < -0.3 is 10.2 Å². The van der Waals surface area contributed by atoms with Crippen molar-refractivity contribution < 1.29 is 8.42 Å². The summed E-state index contributed by atoms with van der Waals surface area (Å²) in [5, 5.41) is 3.20. The summed E-state index contributed by atoms with van der Waals surface area (Å²) in [7, 11) is -1.73. The smallest absolute Gasteiger partial charge is 0.279 e. The molecule has 1 fully saturated rings. The summed E-state index contributed by atoms with van der Waals surface area (Å²) < 4.78 is 28.6. The maximum Gasteiger partial charge on any atom is 0.279 e. The normalized spacial score (nSPS) is 19.0. The van der Waals surface area contributed by atoms with Crippen molar-refractivity contribution in [1.82, 2.24) is 19.2 Å². The Morgan fingerprint density at radius 2 is 1.90 bits per heavy atom. The Hall–Kier alpha value is -0.210. The maximum absolute atomic E-state index is 12.2. The van der Waals surface area contributed by atoms with Gasteiger partial charge in [-0.15, -0.1) is 0 Å². The number of likely N-dealkylation sites (tertiary alicyclic amines) is 1. The lowest BCUT2D eigenvalue weighted by molar-refractivity contribution is 0.215. The van der Waals surface area contributed by atoms with Gasteiger partial charge in [0.25, 0.3) is 10.2 Å². The first-order valence-corrected chi connectivity index (χ1v) is 9.56. The summed E-state index contributed by atoms with van der Waals surface area (Å²) >= 11 is 0. The molecule has 0 aromatic heterocycles. The molecule has 0 bridgehead atoms. The van der Waals surface area contributed by atoms with Gasteiger partial charge in [-0.2, -0.15) is 17.4 Å². The minimum atomic E-state index is -3.37. The van der Waals surface area contributed by atoms with Crippen LogP contribution >= 0.6 is 0 Å². The van der Waals surface area contributed by atoms with Crippen LogP contribution in [0.1, 0.15) is 39.5 Å². The van der Waals surface area contributed by atoms with Gasteiger partial charge in [0.1, 0.15) is 0 Å². The molecule has 1 saturated heterocycles. The van der Waals surface area contributed by atoms with Gasteiger partial charge in [-0.3, -0.25) is 0 Å². The Labute approximate surface area is 130 Å². The number of rotatable bonds is 10. The van der Waals surface area contributed by atoms with Gasteiger partial charge in [-0.1, -0.05) is 13.3 Å². The third kappa shape index (κ3) is 7.56. The number of hydrogen-bond donors (Lipinski definition) is 2. The summed E-state index contributed by atoms with van der Waals surface area (Å²) in [6, 6.07) is -0.0516. The Balaban J connectivity index is 2.31. The molecule has 1 rings (SSSR count). The fourth-order valence-electron chi connectivity index (χ4n) is 2.63. The standard InChI is InChI=1S/C14H32N4O2S/c1-4-15-9-8-10-17(3)21(19,20)16-14(2)13-18-11-6-5-7-12-18/h14-16H,4-13H2,1-3H3. The van der Waals surface area contributed by atoms with Crippen LogP contribution in [0, 0.1) is 0 Å². The van der Waals surface area contributed by atoms with E-state index in [1.54, 1.807) is 7.05 Å². The first kappa shape index (κ1) is 18.8. The second-order valence-electron chi connectivity index (χ2n) is 5.91.